The second-order valence-electron chi connectivity index (χ2n) is 5.74. The van der Waals surface area contributed by atoms with Crippen molar-refractivity contribution in [2.24, 2.45) is 0 Å². The van der Waals surface area contributed by atoms with Crippen molar-refractivity contribution in [1.82, 2.24) is 20.3 Å². The van der Waals surface area contributed by atoms with Crippen molar-refractivity contribution in [3.8, 4) is 6.01 Å². The molecule has 0 atom stereocenters. The third-order valence-electron chi connectivity index (χ3n) is 3.93. The Morgan fingerprint density at radius 1 is 1.22 bits per heavy atom. The van der Waals surface area contributed by atoms with E-state index in [0.29, 0.717) is 6.01 Å². The molecule has 23 heavy (non-hydrogen) atoms. The maximum Gasteiger partial charge on any atom is 0.316 e. The van der Waals surface area contributed by atoms with E-state index in [4.69, 9.17) is 4.74 Å². The Bertz CT molecular complexity index is 666. The Morgan fingerprint density at radius 2 is 1.91 bits per heavy atom. The first-order valence-electron chi connectivity index (χ1n) is 7.80. The number of aryl methyl sites for hydroxylation is 2. The Labute approximate surface area is 139 Å². The lowest BCUT2D eigenvalue weighted by Crippen LogP contribution is -2.39. The van der Waals surface area contributed by atoms with Gasteiger partial charge < -0.3 is 10.1 Å². The van der Waals surface area contributed by atoms with E-state index in [1.807, 2.05) is 13.8 Å². The summed E-state index contributed by atoms with van der Waals surface area (Å²) >= 11 is 1.45. The molecule has 122 valence electrons. The van der Waals surface area contributed by atoms with E-state index < -0.39 is 0 Å². The highest BCUT2D eigenvalue weighted by atomic mass is 32.1. The van der Waals surface area contributed by atoms with Gasteiger partial charge in [0.1, 0.15) is 11.0 Å². The van der Waals surface area contributed by atoms with Gasteiger partial charge in [0.25, 0.3) is 5.91 Å². The summed E-state index contributed by atoms with van der Waals surface area (Å²) in [4.78, 5) is 25.5. The van der Waals surface area contributed by atoms with Gasteiger partial charge in [-0.3, -0.25) is 4.79 Å². The topological polar surface area (TPSA) is 77.0 Å². The quantitative estimate of drug-likeness (QED) is 0.931. The number of nitrogens with one attached hydrogen (secondary N) is 1. The van der Waals surface area contributed by atoms with Crippen molar-refractivity contribution in [3.05, 3.63) is 34.0 Å². The molecule has 2 aromatic heterocycles. The lowest BCUT2D eigenvalue weighted by Gasteiger charge is -2.28. The molecule has 6 nitrogen and oxygen atoms in total. The third kappa shape index (κ3) is 4.04. The van der Waals surface area contributed by atoms with Gasteiger partial charge in [-0.1, -0.05) is 0 Å². The molecule has 7 heteroatoms. The second-order valence-corrected chi connectivity index (χ2v) is 6.95. The third-order valence-corrected chi connectivity index (χ3v) is 5.00. The van der Waals surface area contributed by atoms with Crippen LogP contribution in [0.15, 0.2) is 18.5 Å². The fourth-order valence-corrected chi connectivity index (χ4v) is 3.64. The molecule has 1 N–H and O–H groups in total. The van der Waals surface area contributed by atoms with Crippen LogP contribution in [0.2, 0.25) is 0 Å². The zero-order valence-electron chi connectivity index (χ0n) is 13.3. The molecule has 1 saturated carbocycles. The van der Waals surface area contributed by atoms with Crippen molar-refractivity contribution in [2.75, 3.05) is 0 Å². The maximum atomic E-state index is 12.3. The average Bonchev–Trinajstić information content (AvgIpc) is 2.89. The molecule has 1 amide bonds. The minimum atomic E-state index is -0.0103. The molecule has 1 aliphatic rings. The Balaban J connectivity index is 1.49. The van der Waals surface area contributed by atoms with E-state index in [-0.39, 0.29) is 18.1 Å². The summed E-state index contributed by atoms with van der Waals surface area (Å²) in [5, 5.41) is 4.04. The number of carbonyl (C=O) groups is 1. The standard InChI is InChI=1S/C16H20N4O2S/c1-10-14(23-11(2)19-10)15(21)20-12-4-6-13(7-5-12)22-16-17-8-3-9-18-16/h3,8-9,12-13H,4-7H2,1-2H3,(H,20,21). The van der Waals surface area contributed by atoms with Crippen LogP contribution in [0, 0.1) is 13.8 Å². The molecule has 0 radical (unpaired) electrons. The van der Waals surface area contributed by atoms with E-state index in [2.05, 4.69) is 20.3 Å². The minimum Gasteiger partial charge on any atom is -0.460 e. The molecule has 0 unspecified atom stereocenters. The molecule has 0 saturated heterocycles. The fourth-order valence-electron chi connectivity index (χ4n) is 2.81. The molecule has 3 rings (SSSR count). The molecule has 1 fully saturated rings. The summed E-state index contributed by atoms with van der Waals surface area (Å²) in [6, 6.07) is 2.39. The van der Waals surface area contributed by atoms with E-state index in [1.165, 1.54) is 11.3 Å². The predicted molar refractivity (Wildman–Crippen MR) is 87.8 cm³/mol. The van der Waals surface area contributed by atoms with E-state index >= 15 is 0 Å². The van der Waals surface area contributed by atoms with Gasteiger partial charge in [-0.15, -0.1) is 11.3 Å². The Kier molecular flexibility index (Phi) is 4.85. The lowest BCUT2D eigenvalue weighted by molar-refractivity contribution is 0.0888. The fraction of sp³-hybridized carbons (Fsp3) is 0.500. The number of aromatic nitrogens is 3. The average molecular weight is 332 g/mol. The van der Waals surface area contributed by atoms with E-state index in [1.54, 1.807) is 18.5 Å². The van der Waals surface area contributed by atoms with Gasteiger partial charge in [-0.25, -0.2) is 15.0 Å². The summed E-state index contributed by atoms with van der Waals surface area (Å²) in [6.07, 6.45) is 7.06. The number of nitrogens with zero attached hydrogens (tertiary/aromatic N) is 3. The summed E-state index contributed by atoms with van der Waals surface area (Å²) in [5.74, 6) is -0.0103. The molecular formula is C16H20N4O2S. The van der Waals surface area contributed by atoms with Gasteiger partial charge >= 0.3 is 6.01 Å². The second kappa shape index (κ2) is 7.04. The number of ether oxygens (including phenoxy) is 1. The number of hydrogen-bond acceptors (Lipinski definition) is 6. The van der Waals surface area contributed by atoms with Crippen LogP contribution in [-0.4, -0.2) is 33.0 Å². The summed E-state index contributed by atoms with van der Waals surface area (Å²) < 4.78 is 5.77. The molecule has 0 bridgehead atoms. The van der Waals surface area contributed by atoms with Crippen molar-refractivity contribution < 1.29 is 9.53 Å². The van der Waals surface area contributed by atoms with E-state index in [0.717, 1.165) is 41.3 Å². The van der Waals surface area contributed by atoms with Crippen LogP contribution in [0.5, 0.6) is 6.01 Å². The van der Waals surface area contributed by atoms with Crippen molar-refractivity contribution in [1.29, 1.82) is 0 Å². The predicted octanol–water partition coefficient (Wildman–Crippen LogP) is 2.67. The van der Waals surface area contributed by atoms with Crippen LogP contribution >= 0.6 is 11.3 Å². The molecule has 0 aromatic carbocycles. The maximum absolute atomic E-state index is 12.3. The SMILES string of the molecule is Cc1nc(C)c(C(=O)NC2CCC(Oc3ncccn3)CC2)s1. The summed E-state index contributed by atoms with van der Waals surface area (Å²) in [6.45, 7) is 3.80. The highest BCUT2D eigenvalue weighted by molar-refractivity contribution is 7.13. The zero-order valence-corrected chi connectivity index (χ0v) is 14.1. The van der Waals surface area contributed by atoms with E-state index in [9.17, 15) is 4.79 Å². The van der Waals surface area contributed by atoms with Gasteiger partial charge in [0.15, 0.2) is 0 Å². The van der Waals surface area contributed by atoms with Crippen molar-refractivity contribution >= 4 is 17.2 Å². The first-order chi connectivity index (χ1) is 11.1. The highest BCUT2D eigenvalue weighted by Crippen LogP contribution is 2.23. The summed E-state index contributed by atoms with van der Waals surface area (Å²) in [5.41, 5.74) is 0.809. The molecule has 2 heterocycles. The number of carbonyl (C=O) groups excluding carboxylic acids is 1. The van der Waals surface area contributed by atoms with Gasteiger partial charge in [0.2, 0.25) is 0 Å². The lowest BCUT2D eigenvalue weighted by atomic mass is 9.93. The Hall–Kier alpha value is -2.02. The molecule has 0 spiro atoms. The zero-order chi connectivity index (χ0) is 16.2. The van der Waals surface area contributed by atoms with Crippen LogP contribution < -0.4 is 10.1 Å². The van der Waals surface area contributed by atoms with Gasteiger partial charge in [-0.05, 0) is 45.6 Å². The highest BCUT2D eigenvalue weighted by Gasteiger charge is 2.25. The number of thiazole rings is 1. The molecular weight excluding hydrogens is 312 g/mol. The van der Waals surface area contributed by atoms with Gasteiger partial charge in [0, 0.05) is 18.4 Å². The number of amides is 1. The van der Waals surface area contributed by atoms with Crippen molar-refractivity contribution in [2.45, 2.75) is 51.7 Å². The largest absolute Gasteiger partial charge is 0.460 e. The van der Waals surface area contributed by atoms with Crippen molar-refractivity contribution in [3.63, 3.8) is 0 Å². The van der Waals surface area contributed by atoms with Crippen LogP contribution in [0.1, 0.15) is 46.1 Å². The first-order valence-corrected chi connectivity index (χ1v) is 8.62. The molecule has 2 aromatic rings. The van der Waals surface area contributed by atoms with Crippen LogP contribution in [-0.2, 0) is 0 Å². The molecule has 1 aliphatic carbocycles. The monoisotopic (exact) mass is 332 g/mol. The van der Waals surface area contributed by atoms with Crippen LogP contribution in [0.3, 0.4) is 0 Å². The number of hydrogen-bond donors (Lipinski definition) is 1. The van der Waals surface area contributed by atoms with Crippen LogP contribution in [0.4, 0.5) is 0 Å². The normalized spacial score (nSPS) is 21.0. The Morgan fingerprint density at radius 3 is 2.52 bits per heavy atom. The minimum absolute atomic E-state index is 0.0103. The summed E-state index contributed by atoms with van der Waals surface area (Å²) in [7, 11) is 0. The van der Waals surface area contributed by atoms with Gasteiger partial charge in [0.05, 0.1) is 10.7 Å². The first kappa shape index (κ1) is 15.9. The molecule has 0 aliphatic heterocycles. The number of rotatable bonds is 4. The smallest absolute Gasteiger partial charge is 0.316 e. The van der Waals surface area contributed by atoms with Gasteiger partial charge in [-0.2, -0.15) is 0 Å². The van der Waals surface area contributed by atoms with Crippen LogP contribution in [0.25, 0.3) is 0 Å².